The molecule has 1 aliphatic heterocycles. The van der Waals surface area contributed by atoms with E-state index >= 15 is 0 Å². The van der Waals surface area contributed by atoms with Crippen LogP contribution >= 0.6 is 11.8 Å². The van der Waals surface area contributed by atoms with Crippen molar-refractivity contribution in [3.63, 3.8) is 0 Å². The lowest BCUT2D eigenvalue weighted by atomic mass is 10.0. The van der Waals surface area contributed by atoms with Gasteiger partial charge in [-0.25, -0.2) is 0 Å². The molecule has 0 saturated heterocycles. The van der Waals surface area contributed by atoms with Gasteiger partial charge in [0.05, 0.1) is 18.3 Å². The summed E-state index contributed by atoms with van der Waals surface area (Å²) < 4.78 is 0. The van der Waals surface area contributed by atoms with Gasteiger partial charge in [0, 0.05) is 11.4 Å². The summed E-state index contributed by atoms with van der Waals surface area (Å²) in [5, 5.41) is 2.93. The van der Waals surface area contributed by atoms with Crippen molar-refractivity contribution in [1.29, 1.82) is 0 Å². The molecule has 1 heterocycles. The summed E-state index contributed by atoms with van der Waals surface area (Å²) in [6, 6.07) is 17.5. The van der Waals surface area contributed by atoms with Crippen molar-refractivity contribution in [2.75, 3.05) is 23.7 Å². The van der Waals surface area contributed by atoms with E-state index in [1.807, 2.05) is 54.2 Å². The van der Waals surface area contributed by atoms with Crippen molar-refractivity contribution in [3.05, 3.63) is 60.2 Å². The number of carbonyl (C=O) groups excluding carboxylic acids is 2. The Morgan fingerprint density at radius 3 is 2.62 bits per heavy atom. The van der Waals surface area contributed by atoms with Crippen LogP contribution in [-0.2, 0) is 16.0 Å². The van der Waals surface area contributed by atoms with Crippen molar-refractivity contribution >= 4 is 29.1 Å². The smallest absolute Gasteiger partial charge is 0.240 e. The molecule has 2 aromatic rings. The number of anilines is 1. The second-order valence-electron chi connectivity index (χ2n) is 6.51. The first-order valence-electron chi connectivity index (χ1n) is 8.94. The number of carbonyl (C=O) groups is 2. The van der Waals surface area contributed by atoms with Crippen LogP contribution in [0.2, 0.25) is 0 Å². The number of nitrogens with zero attached hydrogens (tertiary/aromatic N) is 1. The zero-order chi connectivity index (χ0) is 18.4. The summed E-state index contributed by atoms with van der Waals surface area (Å²) in [6.07, 6.45) is 1.56. The molecule has 1 aliphatic rings. The van der Waals surface area contributed by atoms with Crippen molar-refractivity contribution in [1.82, 2.24) is 5.32 Å². The van der Waals surface area contributed by atoms with Gasteiger partial charge >= 0.3 is 0 Å². The molecule has 3 rings (SSSR count). The number of rotatable bonds is 6. The van der Waals surface area contributed by atoms with Crippen LogP contribution in [0.25, 0.3) is 0 Å². The number of benzene rings is 2. The number of ketones is 1. The van der Waals surface area contributed by atoms with Crippen molar-refractivity contribution in [3.8, 4) is 0 Å². The molecule has 0 radical (unpaired) electrons. The van der Waals surface area contributed by atoms with Crippen LogP contribution < -0.4 is 10.2 Å². The van der Waals surface area contributed by atoms with E-state index in [-0.39, 0.29) is 18.2 Å². The molecule has 136 valence electrons. The molecule has 26 heavy (non-hydrogen) atoms. The minimum Gasteiger partial charge on any atom is -0.361 e. The second-order valence-corrected chi connectivity index (χ2v) is 7.65. The van der Waals surface area contributed by atoms with Crippen LogP contribution in [0.15, 0.2) is 59.5 Å². The number of amides is 1. The first-order valence-corrected chi connectivity index (χ1v) is 9.92. The Kier molecular flexibility index (Phi) is 6.34. The standard InChI is InChI=1S/C21H24N2O2S/c1-16(24)18(14-17-8-3-2-4-9-17)22-21(25)15-23-12-7-13-26-20-11-6-5-10-19(20)23/h2-6,8-11,18H,7,12-15H2,1H3,(H,22,25)/t18-/m1/s1. The van der Waals surface area contributed by atoms with Gasteiger partial charge in [-0.3, -0.25) is 9.59 Å². The number of hydrogen-bond donors (Lipinski definition) is 1. The van der Waals surface area contributed by atoms with E-state index in [2.05, 4.69) is 22.3 Å². The average molecular weight is 369 g/mol. The average Bonchev–Trinajstić information content (AvgIpc) is 2.84. The van der Waals surface area contributed by atoms with E-state index < -0.39 is 6.04 Å². The zero-order valence-electron chi connectivity index (χ0n) is 15.0. The van der Waals surface area contributed by atoms with E-state index in [1.165, 1.54) is 11.8 Å². The van der Waals surface area contributed by atoms with Gasteiger partial charge in [-0.15, -0.1) is 11.8 Å². The monoisotopic (exact) mass is 368 g/mol. The predicted octanol–water partition coefficient (Wildman–Crippen LogP) is 3.31. The van der Waals surface area contributed by atoms with E-state index in [4.69, 9.17) is 0 Å². The third-order valence-electron chi connectivity index (χ3n) is 4.48. The van der Waals surface area contributed by atoms with Crippen LogP contribution in [-0.4, -0.2) is 36.6 Å². The third-order valence-corrected chi connectivity index (χ3v) is 5.63. The number of nitrogens with one attached hydrogen (secondary N) is 1. The highest BCUT2D eigenvalue weighted by Gasteiger charge is 2.21. The lowest BCUT2D eigenvalue weighted by Gasteiger charge is -2.25. The van der Waals surface area contributed by atoms with Gasteiger partial charge in [-0.05, 0) is 43.2 Å². The molecule has 0 saturated carbocycles. The normalized spacial score (nSPS) is 14.9. The minimum atomic E-state index is -0.485. The molecule has 4 nitrogen and oxygen atoms in total. The minimum absolute atomic E-state index is 0.0194. The number of hydrogen-bond acceptors (Lipinski definition) is 4. The Morgan fingerprint density at radius 2 is 1.85 bits per heavy atom. The lowest BCUT2D eigenvalue weighted by Crippen LogP contribution is -2.46. The largest absolute Gasteiger partial charge is 0.361 e. The van der Waals surface area contributed by atoms with Crippen LogP contribution in [0.1, 0.15) is 18.9 Å². The summed E-state index contributed by atoms with van der Waals surface area (Å²) in [6.45, 7) is 2.66. The maximum Gasteiger partial charge on any atom is 0.240 e. The van der Waals surface area contributed by atoms with E-state index in [9.17, 15) is 9.59 Å². The van der Waals surface area contributed by atoms with Crippen molar-refractivity contribution < 1.29 is 9.59 Å². The molecule has 5 heteroatoms. The zero-order valence-corrected chi connectivity index (χ0v) is 15.8. The molecule has 0 aliphatic carbocycles. The quantitative estimate of drug-likeness (QED) is 0.850. The number of Topliss-reactive ketones (excluding diaryl/α,β-unsaturated/α-hetero) is 1. The molecular formula is C21H24N2O2S. The summed E-state index contributed by atoms with van der Waals surface area (Å²) >= 11 is 1.83. The van der Waals surface area contributed by atoms with Crippen molar-refractivity contribution in [2.45, 2.75) is 30.7 Å². The highest BCUT2D eigenvalue weighted by Crippen LogP contribution is 2.33. The Labute approximate surface area is 159 Å². The molecule has 1 atom stereocenters. The first kappa shape index (κ1) is 18.5. The fourth-order valence-electron chi connectivity index (χ4n) is 3.12. The highest BCUT2D eigenvalue weighted by atomic mass is 32.2. The Balaban J connectivity index is 1.66. The van der Waals surface area contributed by atoms with E-state index in [1.54, 1.807) is 0 Å². The maximum absolute atomic E-state index is 12.6. The topological polar surface area (TPSA) is 49.4 Å². The van der Waals surface area contributed by atoms with Gasteiger partial charge in [0.2, 0.25) is 5.91 Å². The van der Waals surface area contributed by atoms with Crippen LogP contribution in [0, 0.1) is 0 Å². The van der Waals surface area contributed by atoms with Crippen LogP contribution in [0.4, 0.5) is 5.69 Å². The fraction of sp³-hybridized carbons (Fsp3) is 0.333. The SMILES string of the molecule is CC(=O)[C@@H](Cc1ccccc1)NC(=O)CN1CCCSc2ccccc21. The molecular weight excluding hydrogens is 344 g/mol. The Morgan fingerprint density at radius 1 is 1.12 bits per heavy atom. The Bertz CT molecular complexity index is 764. The maximum atomic E-state index is 12.6. The summed E-state index contributed by atoms with van der Waals surface area (Å²) in [5.74, 6) is 0.927. The lowest BCUT2D eigenvalue weighted by molar-refractivity contribution is -0.126. The molecule has 1 N–H and O–H groups in total. The second kappa shape index (κ2) is 8.90. The highest BCUT2D eigenvalue weighted by molar-refractivity contribution is 7.99. The molecule has 0 fully saturated rings. The van der Waals surface area contributed by atoms with Gasteiger partial charge in [-0.2, -0.15) is 0 Å². The Hall–Kier alpha value is -2.27. The molecule has 0 unspecified atom stereocenters. The van der Waals surface area contributed by atoms with Gasteiger partial charge in [0.25, 0.3) is 0 Å². The van der Waals surface area contributed by atoms with Crippen molar-refractivity contribution in [2.24, 2.45) is 0 Å². The van der Waals surface area contributed by atoms with Gasteiger partial charge in [-0.1, -0.05) is 42.5 Å². The van der Waals surface area contributed by atoms with Gasteiger partial charge in [0.1, 0.15) is 0 Å². The number of thioether (sulfide) groups is 1. The molecule has 1 amide bonds. The molecule has 0 spiro atoms. The molecule has 0 aromatic heterocycles. The number of para-hydroxylation sites is 1. The summed E-state index contributed by atoms with van der Waals surface area (Å²) in [5.41, 5.74) is 2.15. The van der Waals surface area contributed by atoms with E-state index in [0.717, 1.165) is 30.0 Å². The summed E-state index contributed by atoms with van der Waals surface area (Å²) in [7, 11) is 0. The fourth-order valence-corrected chi connectivity index (χ4v) is 4.14. The third kappa shape index (κ3) is 4.88. The van der Waals surface area contributed by atoms with Gasteiger partial charge < -0.3 is 10.2 Å². The molecule has 2 aromatic carbocycles. The number of fused-ring (bicyclic) bond motifs is 1. The van der Waals surface area contributed by atoms with Crippen LogP contribution in [0.5, 0.6) is 0 Å². The van der Waals surface area contributed by atoms with Crippen LogP contribution in [0.3, 0.4) is 0 Å². The van der Waals surface area contributed by atoms with Gasteiger partial charge in [0.15, 0.2) is 5.78 Å². The first-order chi connectivity index (χ1) is 12.6. The van der Waals surface area contributed by atoms with E-state index in [0.29, 0.717) is 6.42 Å². The summed E-state index contributed by atoms with van der Waals surface area (Å²) in [4.78, 5) is 28.0. The molecule has 0 bridgehead atoms. The predicted molar refractivity (Wildman–Crippen MR) is 107 cm³/mol.